The molecule has 0 spiro atoms. The van der Waals surface area contributed by atoms with Gasteiger partial charge in [-0.3, -0.25) is 14.6 Å². The van der Waals surface area contributed by atoms with E-state index in [0.29, 0.717) is 36.0 Å². The largest absolute Gasteiger partial charge is 0.496 e. The summed E-state index contributed by atoms with van der Waals surface area (Å²) in [4.78, 5) is 28.9. The van der Waals surface area contributed by atoms with Gasteiger partial charge in [0.05, 0.1) is 14.2 Å². The zero-order valence-corrected chi connectivity index (χ0v) is 14.6. The first-order chi connectivity index (χ1) is 12.7. The first-order valence-electron chi connectivity index (χ1n) is 8.16. The predicted octanol–water partition coefficient (Wildman–Crippen LogP) is 2.72. The molecule has 0 saturated carbocycles. The molecule has 1 aliphatic rings. The SMILES string of the molecule is COc1cc2c(c(OC)c1C(=O)CCC(=O)c1ccncc1)OCCO2. The number of hydrogen-bond acceptors (Lipinski definition) is 7. The summed E-state index contributed by atoms with van der Waals surface area (Å²) in [6, 6.07) is 4.85. The average molecular weight is 357 g/mol. The van der Waals surface area contributed by atoms with E-state index in [1.165, 1.54) is 14.2 Å². The normalized spacial score (nSPS) is 12.4. The molecular weight excluding hydrogens is 338 g/mol. The molecule has 3 rings (SSSR count). The Labute approximate surface area is 150 Å². The molecule has 1 aromatic carbocycles. The van der Waals surface area contributed by atoms with E-state index in [-0.39, 0.29) is 35.7 Å². The molecule has 0 bridgehead atoms. The fraction of sp³-hybridized carbons (Fsp3) is 0.316. The van der Waals surface area contributed by atoms with E-state index in [4.69, 9.17) is 18.9 Å². The maximum atomic E-state index is 12.8. The lowest BCUT2D eigenvalue weighted by Gasteiger charge is -2.23. The molecule has 0 fully saturated rings. The second-order valence-electron chi connectivity index (χ2n) is 5.59. The molecule has 0 radical (unpaired) electrons. The minimum Gasteiger partial charge on any atom is -0.496 e. The first-order valence-corrected chi connectivity index (χ1v) is 8.16. The molecule has 0 N–H and O–H groups in total. The lowest BCUT2D eigenvalue weighted by molar-refractivity contribution is 0.0912. The van der Waals surface area contributed by atoms with Gasteiger partial charge in [-0.25, -0.2) is 0 Å². The zero-order valence-electron chi connectivity index (χ0n) is 14.6. The third-order valence-corrected chi connectivity index (χ3v) is 4.04. The summed E-state index contributed by atoms with van der Waals surface area (Å²) in [6.45, 7) is 0.775. The highest BCUT2D eigenvalue weighted by Crippen LogP contribution is 2.47. The topological polar surface area (TPSA) is 84.0 Å². The molecule has 1 aliphatic heterocycles. The number of rotatable bonds is 7. The molecule has 2 aromatic rings. The van der Waals surface area contributed by atoms with E-state index in [0.717, 1.165) is 0 Å². The number of pyridine rings is 1. The number of carbonyl (C=O) groups excluding carboxylic acids is 2. The highest BCUT2D eigenvalue weighted by Gasteiger charge is 2.28. The summed E-state index contributed by atoms with van der Waals surface area (Å²) in [7, 11) is 2.91. The first kappa shape index (κ1) is 17.7. The number of hydrogen-bond donors (Lipinski definition) is 0. The molecule has 7 heteroatoms. The number of benzene rings is 1. The van der Waals surface area contributed by atoms with Gasteiger partial charge in [0.1, 0.15) is 24.5 Å². The van der Waals surface area contributed by atoms with Gasteiger partial charge >= 0.3 is 0 Å². The molecule has 7 nitrogen and oxygen atoms in total. The molecule has 0 amide bonds. The molecular formula is C19H19NO6. The third-order valence-electron chi connectivity index (χ3n) is 4.04. The number of fused-ring (bicyclic) bond motifs is 1. The summed E-state index contributed by atoms with van der Waals surface area (Å²) in [6.07, 6.45) is 3.18. The van der Waals surface area contributed by atoms with Gasteiger partial charge in [-0.15, -0.1) is 0 Å². The number of Topliss-reactive ketones (excluding diaryl/α,β-unsaturated/α-hetero) is 2. The third kappa shape index (κ3) is 3.46. The average Bonchev–Trinajstić information content (AvgIpc) is 2.70. The molecule has 26 heavy (non-hydrogen) atoms. The van der Waals surface area contributed by atoms with Crippen LogP contribution in [0.4, 0.5) is 0 Å². The van der Waals surface area contributed by atoms with Crippen LogP contribution in [0.25, 0.3) is 0 Å². The number of nitrogens with zero attached hydrogens (tertiary/aromatic N) is 1. The Morgan fingerprint density at radius 1 is 1.04 bits per heavy atom. The van der Waals surface area contributed by atoms with Crippen LogP contribution in [0, 0.1) is 0 Å². The van der Waals surface area contributed by atoms with Crippen LogP contribution < -0.4 is 18.9 Å². The Morgan fingerprint density at radius 2 is 1.73 bits per heavy atom. The van der Waals surface area contributed by atoms with Crippen molar-refractivity contribution in [2.24, 2.45) is 0 Å². The number of carbonyl (C=O) groups is 2. The molecule has 0 aliphatic carbocycles. The summed E-state index contributed by atoms with van der Waals surface area (Å²) < 4.78 is 21.9. The van der Waals surface area contributed by atoms with Crippen molar-refractivity contribution < 1.29 is 28.5 Å². The fourth-order valence-corrected chi connectivity index (χ4v) is 2.79. The summed E-state index contributed by atoms with van der Waals surface area (Å²) in [5, 5.41) is 0. The molecule has 1 aromatic heterocycles. The second-order valence-corrected chi connectivity index (χ2v) is 5.59. The fourth-order valence-electron chi connectivity index (χ4n) is 2.79. The molecule has 0 saturated heterocycles. The number of ether oxygens (including phenoxy) is 4. The van der Waals surface area contributed by atoms with Crippen LogP contribution in [-0.4, -0.2) is 44.0 Å². The number of ketones is 2. The maximum absolute atomic E-state index is 12.8. The van der Waals surface area contributed by atoms with Gasteiger partial charge in [-0.2, -0.15) is 0 Å². The monoisotopic (exact) mass is 357 g/mol. The van der Waals surface area contributed by atoms with Gasteiger partial charge < -0.3 is 18.9 Å². The van der Waals surface area contributed by atoms with Gasteiger partial charge in [-0.05, 0) is 12.1 Å². The van der Waals surface area contributed by atoms with Crippen LogP contribution in [0.2, 0.25) is 0 Å². The Kier molecular flexibility index (Phi) is 5.36. The highest BCUT2D eigenvalue weighted by atomic mass is 16.6. The van der Waals surface area contributed by atoms with Gasteiger partial charge in [0, 0.05) is 36.9 Å². The standard InChI is InChI=1S/C19H19NO6/c1-23-15-11-16-18(26-10-9-25-16)19(24-2)17(15)14(22)4-3-13(21)12-5-7-20-8-6-12/h5-8,11H,3-4,9-10H2,1-2H3. The number of aromatic nitrogens is 1. The van der Waals surface area contributed by atoms with Gasteiger partial charge in [0.25, 0.3) is 0 Å². The van der Waals surface area contributed by atoms with E-state index in [1.807, 2.05) is 0 Å². The molecule has 0 unspecified atom stereocenters. The van der Waals surface area contributed by atoms with Crippen molar-refractivity contribution in [3.63, 3.8) is 0 Å². The van der Waals surface area contributed by atoms with Crippen LogP contribution in [0.3, 0.4) is 0 Å². The van der Waals surface area contributed by atoms with Gasteiger partial charge in [0.15, 0.2) is 23.1 Å². The van der Waals surface area contributed by atoms with E-state index in [1.54, 1.807) is 30.6 Å². The van der Waals surface area contributed by atoms with Crippen molar-refractivity contribution >= 4 is 11.6 Å². The Balaban J connectivity index is 1.85. The van der Waals surface area contributed by atoms with E-state index in [9.17, 15) is 9.59 Å². The molecule has 0 atom stereocenters. The van der Waals surface area contributed by atoms with Crippen LogP contribution >= 0.6 is 0 Å². The second kappa shape index (κ2) is 7.86. The minimum atomic E-state index is -0.266. The Hall–Kier alpha value is -3.09. The summed E-state index contributed by atoms with van der Waals surface area (Å²) in [5.41, 5.74) is 0.774. The van der Waals surface area contributed by atoms with E-state index in [2.05, 4.69) is 4.98 Å². The van der Waals surface area contributed by atoms with Crippen LogP contribution in [0.1, 0.15) is 33.6 Å². The van der Waals surface area contributed by atoms with E-state index >= 15 is 0 Å². The smallest absolute Gasteiger partial charge is 0.204 e. The molecule has 136 valence electrons. The van der Waals surface area contributed by atoms with Crippen molar-refractivity contribution in [1.82, 2.24) is 4.98 Å². The van der Waals surface area contributed by atoms with Crippen LogP contribution in [0.5, 0.6) is 23.0 Å². The lowest BCUT2D eigenvalue weighted by atomic mass is 10.00. The van der Waals surface area contributed by atoms with Crippen molar-refractivity contribution in [3.05, 3.63) is 41.7 Å². The maximum Gasteiger partial charge on any atom is 0.204 e. The Bertz CT molecular complexity index is 819. The molecule has 2 heterocycles. The van der Waals surface area contributed by atoms with Gasteiger partial charge in [-0.1, -0.05) is 0 Å². The minimum absolute atomic E-state index is 0.0213. The van der Waals surface area contributed by atoms with Crippen molar-refractivity contribution in [3.8, 4) is 23.0 Å². The van der Waals surface area contributed by atoms with Crippen LogP contribution in [0.15, 0.2) is 30.6 Å². The van der Waals surface area contributed by atoms with Crippen molar-refractivity contribution in [2.45, 2.75) is 12.8 Å². The quantitative estimate of drug-likeness (QED) is 0.705. The zero-order chi connectivity index (χ0) is 18.5. The van der Waals surface area contributed by atoms with Crippen molar-refractivity contribution in [2.75, 3.05) is 27.4 Å². The summed E-state index contributed by atoms with van der Waals surface area (Å²) in [5.74, 6) is 1.04. The number of methoxy groups -OCH3 is 2. The summed E-state index contributed by atoms with van der Waals surface area (Å²) >= 11 is 0. The predicted molar refractivity (Wildman–Crippen MR) is 92.7 cm³/mol. The van der Waals surface area contributed by atoms with Gasteiger partial charge in [0.2, 0.25) is 5.75 Å². The van der Waals surface area contributed by atoms with Crippen LogP contribution in [-0.2, 0) is 0 Å². The van der Waals surface area contributed by atoms with E-state index < -0.39 is 0 Å². The lowest BCUT2D eigenvalue weighted by Crippen LogP contribution is -2.18. The van der Waals surface area contributed by atoms with Crippen molar-refractivity contribution in [1.29, 1.82) is 0 Å². The highest BCUT2D eigenvalue weighted by molar-refractivity contribution is 6.05. The Morgan fingerprint density at radius 3 is 2.42 bits per heavy atom.